The molecule has 0 radical (unpaired) electrons. The van der Waals surface area contributed by atoms with E-state index in [0.717, 1.165) is 69.1 Å². The maximum Gasteiger partial charge on any atom is 0.334 e. The molecule has 180 valence electrons. The summed E-state index contributed by atoms with van der Waals surface area (Å²) < 4.78 is 5.10. The molecule has 6 nitrogen and oxygen atoms in total. The maximum atomic E-state index is 11.6. The Balaban J connectivity index is 1.32. The van der Waals surface area contributed by atoms with Crippen LogP contribution >= 0.6 is 0 Å². The molecule has 0 N–H and O–H groups in total. The molecule has 3 heterocycles. The van der Waals surface area contributed by atoms with E-state index in [2.05, 4.69) is 58.9 Å². The van der Waals surface area contributed by atoms with Gasteiger partial charge >= 0.3 is 5.97 Å². The number of nitrogens with zero attached hydrogens (tertiary/aromatic N) is 4. The summed E-state index contributed by atoms with van der Waals surface area (Å²) in [6, 6.07) is 0. The van der Waals surface area contributed by atoms with Gasteiger partial charge in [-0.2, -0.15) is 0 Å². The smallest absolute Gasteiger partial charge is 0.334 e. The Morgan fingerprint density at radius 1 is 1.06 bits per heavy atom. The molecule has 0 bridgehead atoms. The van der Waals surface area contributed by atoms with Gasteiger partial charge in [-0.1, -0.05) is 43.4 Å². The van der Waals surface area contributed by atoms with E-state index in [9.17, 15) is 4.79 Å². The monoisotopic (exact) mass is 460 g/mol. The van der Waals surface area contributed by atoms with Gasteiger partial charge < -0.3 is 9.64 Å². The molecule has 1 saturated heterocycles. The second-order valence-corrected chi connectivity index (χ2v) is 9.59. The van der Waals surface area contributed by atoms with Gasteiger partial charge in [0.25, 0.3) is 0 Å². The summed E-state index contributed by atoms with van der Waals surface area (Å²) in [5.41, 5.74) is 7.64. The molecule has 2 aliphatic heterocycles. The van der Waals surface area contributed by atoms with Gasteiger partial charge in [0.05, 0.1) is 0 Å². The fourth-order valence-electron chi connectivity index (χ4n) is 4.61. The summed E-state index contributed by atoms with van der Waals surface area (Å²) in [7, 11) is 0. The van der Waals surface area contributed by atoms with Crippen LogP contribution in [0.1, 0.15) is 45.6 Å². The van der Waals surface area contributed by atoms with E-state index in [-0.39, 0.29) is 5.97 Å². The number of hydrogen-bond donors (Lipinski definition) is 0. The molecule has 0 saturated carbocycles. The molecule has 1 fully saturated rings. The van der Waals surface area contributed by atoms with Crippen LogP contribution < -0.4 is 4.90 Å². The van der Waals surface area contributed by atoms with Crippen LogP contribution in [0.2, 0.25) is 0 Å². The van der Waals surface area contributed by atoms with E-state index in [0.29, 0.717) is 18.1 Å². The Hall–Kier alpha value is -2.99. The first-order valence-corrected chi connectivity index (χ1v) is 12.2. The highest BCUT2D eigenvalue weighted by Crippen LogP contribution is 2.28. The van der Waals surface area contributed by atoms with Crippen LogP contribution in [0, 0.1) is 5.92 Å². The van der Waals surface area contributed by atoms with Crippen molar-refractivity contribution in [2.24, 2.45) is 5.92 Å². The van der Waals surface area contributed by atoms with Crippen molar-refractivity contribution in [2.45, 2.75) is 40.0 Å². The molecule has 0 amide bonds. The van der Waals surface area contributed by atoms with Crippen molar-refractivity contribution in [1.29, 1.82) is 0 Å². The van der Waals surface area contributed by atoms with E-state index in [1.54, 1.807) is 19.3 Å². The van der Waals surface area contributed by atoms with Crippen molar-refractivity contribution in [3.8, 4) is 0 Å². The number of ether oxygens (including phenoxy) is 1. The molecular weight excluding hydrogens is 424 g/mol. The minimum atomic E-state index is -0.254. The largest absolute Gasteiger partial charge is 0.457 e. The number of cyclic esters (lactones) is 1. The summed E-state index contributed by atoms with van der Waals surface area (Å²) in [4.78, 5) is 25.5. The highest BCUT2D eigenvalue weighted by atomic mass is 16.5. The number of anilines is 1. The van der Waals surface area contributed by atoms with Gasteiger partial charge in [-0.3, -0.25) is 4.90 Å². The minimum Gasteiger partial charge on any atom is -0.457 e. The molecule has 1 unspecified atom stereocenters. The summed E-state index contributed by atoms with van der Waals surface area (Å²) >= 11 is 0. The lowest BCUT2D eigenvalue weighted by atomic mass is 9.95. The minimum absolute atomic E-state index is 0.254. The number of carbonyl (C=O) groups excluding carboxylic acids is 1. The molecule has 6 heteroatoms. The third kappa shape index (κ3) is 5.39. The summed E-state index contributed by atoms with van der Waals surface area (Å²) in [6.45, 7) is 19.9. The summed E-state index contributed by atoms with van der Waals surface area (Å²) in [5, 5.41) is 0. The van der Waals surface area contributed by atoms with Crippen LogP contribution in [0.3, 0.4) is 0 Å². The van der Waals surface area contributed by atoms with Crippen molar-refractivity contribution in [1.82, 2.24) is 14.9 Å². The molecule has 3 aliphatic rings. The Kier molecular flexibility index (Phi) is 7.47. The molecule has 1 atom stereocenters. The molecule has 4 rings (SSSR count). The molecule has 0 spiro atoms. The fourth-order valence-corrected chi connectivity index (χ4v) is 4.61. The quantitative estimate of drug-likeness (QED) is 0.468. The number of aromatic nitrogens is 2. The lowest BCUT2D eigenvalue weighted by Crippen LogP contribution is -2.47. The number of hydrogen-bond acceptors (Lipinski definition) is 6. The molecule has 1 aromatic rings. The highest BCUT2D eigenvalue weighted by molar-refractivity contribution is 6.01. The van der Waals surface area contributed by atoms with Crippen LogP contribution in [-0.2, 0) is 9.53 Å². The van der Waals surface area contributed by atoms with Crippen molar-refractivity contribution in [3.63, 3.8) is 0 Å². The van der Waals surface area contributed by atoms with Crippen LogP contribution in [-0.4, -0.2) is 60.2 Å². The van der Waals surface area contributed by atoms with Crippen molar-refractivity contribution in [2.75, 3.05) is 44.2 Å². The zero-order chi connectivity index (χ0) is 24.2. The van der Waals surface area contributed by atoms with Crippen LogP contribution in [0.25, 0.3) is 5.57 Å². The Morgan fingerprint density at radius 2 is 1.76 bits per heavy atom. The average molecular weight is 461 g/mol. The highest BCUT2D eigenvalue weighted by Gasteiger charge is 2.24. The molecular formula is C28H36N4O2. The summed E-state index contributed by atoms with van der Waals surface area (Å²) in [5.74, 6) is 0.900. The van der Waals surface area contributed by atoms with Crippen molar-refractivity contribution >= 4 is 17.5 Å². The van der Waals surface area contributed by atoms with E-state index in [1.807, 2.05) is 0 Å². The predicted molar refractivity (Wildman–Crippen MR) is 137 cm³/mol. The van der Waals surface area contributed by atoms with Crippen molar-refractivity contribution < 1.29 is 9.53 Å². The van der Waals surface area contributed by atoms with Gasteiger partial charge in [0.2, 0.25) is 5.95 Å². The number of esters is 1. The van der Waals surface area contributed by atoms with E-state index in [1.165, 1.54) is 22.3 Å². The number of piperazine rings is 1. The third-order valence-electron chi connectivity index (χ3n) is 7.44. The lowest BCUT2D eigenvalue weighted by molar-refractivity contribution is -0.135. The van der Waals surface area contributed by atoms with Crippen molar-refractivity contribution in [3.05, 3.63) is 71.1 Å². The first kappa shape index (κ1) is 24.1. The van der Waals surface area contributed by atoms with E-state index in [4.69, 9.17) is 4.74 Å². The van der Waals surface area contributed by atoms with E-state index >= 15 is 0 Å². The molecule has 1 aromatic heterocycles. The Bertz CT molecular complexity index is 1060. The Labute approximate surface area is 203 Å². The van der Waals surface area contributed by atoms with Crippen LogP contribution in [0.5, 0.6) is 0 Å². The van der Waals surface area contributed by atoms with Gasteiger partial charge in [0.1, 0.15) is 6.61 Å². The second-order valence-electron chi connectivity index (χ2n) is 9.59. The van der Waals surface area contributed by atoms with Crippen LogP contribution in [0.15, 0.2) is 65.6 Å². The first-order valence-electron chi connectivity index (χ1n) is 12.2. The number of carbonyl (C=O) groups is 1. The van der Waals surface area contributed by atoms with Crippen LogP contribution in [0.4, 0.5) is 5.95 Å². The fraction of sp³-hybridized carbons (Fsp3) is 0.464. The maximum absolute atomic E-state index is 11.6. The van der Waals surface area contributed by atoms with E-state index < -0.39 is 0 Å². The zero-order valence-electron chi connectivity index (χ0n) is 20.8. The number of allylic oxidation sites excluding steroid dienone is 5. The second kappa shape index (κ2) is 10.5. The topological polar surface area (TPSA) is 58.6 Å². The van der Waals surface area contributed by atoms with Gasteiger partial charge in [0, 0.05) is 61.8 Å². The lowest BCUT2D eigenvalue weighted by Gasteiger charge is -2.34. The van der Waals surface area contributed by atoms with Gasteiger partial charge in [0.15, 0.2) is 0 Å². The molecule has 1 aliphatic carbocycles. The zero-order valence-corrected chi connectivity index (χ0v) is 20.8. The molecule has 34 heavy (non-hydrogen) atoms. The average Bonchev–Trinajstić information content (AvgIpc) is 3.21. The molecule has 0 aromatic carbocycles. The Morgan fingerprint density at radius 3 is 2.41 bits per heavy atom. The third-order valence-corrected chi connectivity index (χ3v) is 7.44. The van der Waals surface area contributed by atoms with Gasteiger partial charge in [-0.25, -0.2) is 14.8 Å². The SMILES string of the molecule is C=C1CCC(=C)C(C)/C=C\C(CCN2CCN(c3ncc(C4=C(C)C(=O)OC4)cn3)CC2)=C1C. The number of rotatable bonds is 5. The normalized spacial score (nSPS) is 23.7. The predicted octanol–water partition coefficient (Wildman–Crippen LogP) is 4.73. The first-order chi connectivity index (χ1) is 16.3. The van der Waals surface area contributed by atoms with Gasteiger partial charge in [-0.15, -0.1) is 0 Å². The standard InChI is InChI=1S/C28H36N4O2/c1-19-6-7-21(3)22(4)24(9-8-20(19)2)10-11-31-12-14-32(15-13-31)28-29-16-25(17-30-28)26-18-34-27(33)23(26)5/h8-9,16-17,20H,1,3,6-7,10-15,18H2,2,4-5H3/b9-8-,24-22?. The van der Waals surface area contributed by atoms with Gasteiger partial charge in [-0.05, 0) is 50.2 Å². The summed E-state index contributed by atoms with van der Waals surface area (Å²) in [6.07, 6.45) is 11.2.